The number of pyridine rings is 1. The van der Waals surface area contributed by atoms with Crippen molar-refractivity contribution in [2.45, 2.75) is 25.7 Å². The summed E-state index contributed by atoms with van der Waals surface area (Å²) in [5.41, 5.74) is 4.81. The first-order valence-corrected chi connectivity index (χ1v) is 9.39. The number of benzene rings is 2. The maximum atomic E-state index is 13.2. The number of para-hydroxylation sites is 1. The van der Waals surface area contributed by atoms with Crippen LogP contribution in [0.2, 0.25) is 0 Å². The maximum Gasteiger partial charge on any atom is 0.281 e. The van der Waals surface area contributed by atoms with Gasteiger partial charge in [-0.25, -0.2) is 9.67 Å². The van der Waals surface area contributed by atoms with Gasteiger partial charge >= 0.3 is 0 Å². The van der Waals surface area contributed by atoms with Crippen molar-refractivity contribution in [1.29, 1.82) is 0 Å². The van der Waals surface area contributed by atoms with Crippen molar-refractivity contribution in [3.05, 3.63) is 93.4 Å². The standard InChI is InChI=1S/C23H19N3O2/c1-14-7-9-15(10-8-14)16-11-18-19(20(27)12-16)13-24-22-21(18)23(28)26(25-22)17-5-3-2-4-6-17/h2-10,13,16H,11-12H2,1H3,(H,24,25). The van der Waals surface area contributed by atoms with E-state index in [0.29, 0.717) is 29.4 Å². The molecule has 1 aliphatic rings. The van der Waals surface area contributed by atoms with E-state index in [0.717, 1.165) is 16.8 Å². The van der Waals surface area contributed by atoms with Gasteiger partial charge in [-0.15, -0.1) is 0 Å². The highest BCUT2D eigenvalue weighted by Gasteiger charge is 2.30. The lowest BCUT2D eigenvalue weighted by molar-refractivity contribution is 0.0964. The second kappa shape index (κ2) is 6.30. The van der Waals surface area contributed by atoms with E-state index in [1.54, 1.807) is 6.20 Å². The number of H-pyrrole nitrogens is 1. The fourth-order valence-electron chi connectivity index (χ4n) is 4.07. The van der Waals surface area contributed by atoms with Crippen molar-refractivity contribution >= 4 is 16.8 Å². The van der Waals surface area contributed by atoms with E-state index >= 15 is 0 Å². The number of hydrogen-bond acceptors (Lipinski definition) is 3. The minimum Gasteiger partial charge on any atom is -0.294 e. The van der Waals surface area contributed by atoms with Gasteiger partial charge in [0.1, 0.15) is 0 Å². The Labute approximate surface area is 161 Å². The molecule has 0 radical (unpaired) electrons. The number of ketones is 1. The van der Waals surface area contributed by atoms with Crippen LogP contribution < -0.4 is 5.56 Å². The summed E-state index contributed by atoms with van der Waals surface area (Å²) < 4.78 is 1.50. The highest BCUT2D eigenvalue weighted by Crippen LogP contribution is 2.34. The zero-order chi connectivity index (χ0) is 19.3. The third-order valence-corrected chi connectivity index (χ3v) is 5.57. The van der Waals surface area contributed by atoms with E-state index < -0.39 is 0 Å². The molecule has 0 fully saturated rings. The number of nitrogens with zero attached hydrogens (tertiary/aromatic N) is 2. The Bertz CT molecular complexity index is 1250. The number of carbonyl (C=O) groups is 1. The fourth-order valence-corrected chi connectivity index (χ4v) is 4.07. The quantitative estimate of drug-likeness (QED) is 0.582. The van der Waals surface area contributed by atoms with Crippen LogP contribution in [0.3, 0.4) is 0 Å². The number of Topliss-reactive ketones (excluding diaryl/α,β-unsaturated/α-hetero) is 1. The first-order valence-electron chi connectivity index (χ1n) is 9.39. The highest BCUT2D eigenvalue weighted by molar-refractivity contribution is 6.02. The summed E-state index contributed by atoms with van der Waals surface area (Å²) in [6.45, 7) is 2.05. The Morgan fingerprint density at radius 2 is 1.75 bits per heavy atom. The number of rotatable bonds is 2. The largest absolute Gasteiger partial charge is 0.294 e. The zero-order valence-electron chi connectivity index (χ0n) is 15.5. The van der Waals surface area contributed by atoms with Gasteiger partial charge < -0.3 is 0 Å². The number of nitrogens with one attached hydrogen (secondary N) is 1. The molecule has 0 bridgehead atoms. The SMILES string of the molecule is Cc1ccc(C2CC(=O)c3cnc4[nH]n(-c5ccccc5)c(=O)c4c3C2)cc1. The Balaban J connectivity index is 1.67. The molecule has 5 heteroatoms. The van der Waals surface area contributed by atoms with Gasteiger partial charge in [0.25, 0.3) is 5.56 Å². The van der Waals surface area contributed by atoms with E-state index in [-0.39, 0.29) is 17.3 Å². The first-order chi connectivity index (χ1) is 13.6. The fraction of sp³-hybridized carbons (Fsp3) is 0.174. The van der Waals surface area contributed by atoms with Crippen molar-refractivity contribution in [2.75, 3.05) is 0 Å². The second-order valence-electron chi connectivity index (χ2n) is 7.40. The second-order valence-corrected chi connectivity index (χ2v) is 7.40. The van der Waals surface area contributed by atoms with Crippen LogP contribution in [0.5, 0.6) is 0 Å². The molecule has 0 aliphatic heterocycles. The van der Waals surface area contributed by atoms with Crippen LogP contribution in [-0.4, -0.2) is 20.5 Å². The third-order valence-electron chi connectivity index (χ3n) is 5.57. The number of aromatic nitrogens is 3. The van der Waals surface area contributed by atoms with Crippen molar-refractivity contribution in [2.24, 2.45) is 0 Å². The Hall–Kier alpha value is -3.47. The molecule has 0 spiro atoms. The Morgan fingerprint density at radius 3 is 2.50 bits per heavy atom. The van der Waals surface area contributed by atoms with Gasteiger partial charge in [0.05, 0.1) is 11.1 Å². The van der Waals surface area contributed by atoms with E-state index in [9.17, 15) is 9.59 Å². The smallest absolute Gasteiger partial charge is 0.281 e. The minimum absolute atomic E-state index is 0.0492. The van der Waals surface area contributed by atoms with Crippen molar-refractivity contribution < 1.29 is 4.79 Å². The normalized spacial score (nSPS) is 16.3. The number of hydrogen-bond donors (Lipinski definition) is 1. The zero-order valence-corrected chi connectivity index (χ0v) is 15.5. The van der Waals surface area contributed by atoms with E-state index in [4.69, 9.17) is 0 Å². The van der Waals surface area contributed by atoms with E-state index in [1.165, 1.54) is 10.2 Å². The van der Waals surface area contributed by atoms with Gasteiger partial charge in [-0.05, 0) is 42.5 Å². The summed E-state index contributed by atoms with van der Waals surface area (Å²) in [4.78, 5) is 30.3. The minimum atomic E-state index is -0.164. The molecule has 138 valence electrons. The van der Waals surface area contributed by atoms with Gasteiger partial charge in [0.15, 0.2) is 11.4 Å². The Kier molecular flexibility index (Phi) is 3.76. The highest BCUT2D eigenvalue weighted by atomic mass is 16.1. The van der Waals surface area contributed by atoms with Crippen LogP contribution in [0.25, 0.3) is 16.7 Å². The van der Waals surface area contributed by atoms with Crippen LogP contribution in [0.4, 0.5) is 0 Å². The summed E-state index contributed by atoms with van der Waals surface area (Å²) in [6.07, 6.45) is 2.71. The molecule has 4 aromatic rings. The van der Waals surface area contributed by atoms with E-state index in [2.05, 4.69) is 34.3 Å². The van der Waals surface area contributed by atoms with Crippen molar-refractivity contribution in [3.8, 4) is 5.69 Å². The number of aryl methyl sites for hydroxylation is 1. The van der Waals surface area contributed by atoms with Crippen LogP contribution in [0, 0.1) is 6.92 Å². The number of carbonyl (C=O) groups excluding carboxylic acids is 1. The average Bonchev–Trinajstić information content (AvgIpc) is 3.06. The summed E-state index contributed by atoms with van der Waals surface area (Å²) in [7, 11) is 0. The van der Waals surface area contributed by atoms with Crippen LogP contribution in [0.1, 0.15) is 39.4 Å². The summed E-state index contributed by atoms with van der Waals surface area (Å²) in [5.74, 6) is 0.124. The molecule has 2 aromatic carbocycles. The maximum absolute atomic E-state index is 13.2. The molecule has 0 amide bonds. The summed E-state index contributed by atoms with van der Waals surface area (Å²) in [6, 6.07) is 17.7. The molecule has 1 atom stereocenters. The molecule has 2 heterocycles. The molecule has 5 rings (SSSR count). The number of fused-ring (bicyclic) bond motifs is 3. The summed E-state index contributed by atoms with van der Waals surface area (Å²) >= 11 is 0. The molecule has 0 saturated heterocycles. The van der Waals surface area contributed by atoms with Gasteiger partial charge in [-0.2, -0.15) is 0 Å². The average molecular weight is 369 g/mol. The predicted octanol–water partition coefficient (Wildman–Crippen LogP) is 3.93. The molecule has 2 aromatic heterocycles. The molecule has 0 saturated carbocycles. The number of aromatic amines is 1. The van der Waals surface area contributed by atoms with Gasteiger partial charge in [-0.1, -0.05) is 48.0 Å². The molecule has 1 unspecified atom stereocenters. The van der Waals surface area contributed by atoms with Gasteiger partial charge in [0, 0.05) is 18.2 Å². The van der Waals surface area contributed by atoms with Crippen LogP contribution in [0.15, 0.2) is 65.6 Å². The Morgan fingerprint density at radius 1 is 1.00 bits per heavy atom. The van der Waals surface area contributed by atoms with Crippen LogP contribution in [-0.2, 0) is 6.42 Å². The molecular formula is C23H19N3O2. The van der Waals surface area contributed by atoms with Crippen LogP contribution >= 0.6 is 0 Å². The van der Waals surface area contributed by atoms with Gasteiger partial charge in [0.2, 0.25) is 0 Å². The van der Waals surface area contributed by atoms with Crippen molar-refractivity contribution in [1.82, 2.24) is 14.8 Å². The van der Waals surface area contributed by atoms with Gasteiger partial charge in [-0.3, -0.25) is 14.7 Å². The topological polar surface area (TPSA) is 67.8 Å². The lowest BCUT2D eigenvalue weighted by Crippen LogP contribution is -2.22. The van der Waals surface area contributed by atoms with Crippen molar-refractivity contribution in [3.63, 3.8) is 0 Å². The molecule has 5 nitrogen and oxygen atoms in total. The lowest BCUT2D eigenvalue weighted by atomic mass is 9.79. The third kappa shape index (κ3) is 2.59. The molecule has 1 aliphatic carbocycles. The molecular weight excluding hydrogens is 350 g/mol. The first kappa shape index (κ1) is 16.7. The predicted molar refractivity (Wildman–Crippen MR) is 108 cm³/mol. The molecule has 28 heavy (non-hydrogen) atoms. The van der Waals surface area contributed by atoms with E-state index in [1.807, 2.05) is 37.3 Å². The monoisotopic (exact) mass is 369 g/mol. The lowest BCUT2D eigenvalue weighted by Gasteiger charge is -2.24. The molecule has 1 N–H and O–H groups in total. The summed E-state index contributed by atoms with van der Waals surface area (Å²) in [5, 5.41) is 3.61.